The molecule has 3 N–H and O–H groups in total. The molecule has 0 aliphatic carbocycles. The molecule has 2 bridgehead atoms. The molecular weight excluding hydrogens is 496 g/mol. The van der Waals surface area contributed by atoms with Crippen molar-refractivity contribution in [3.8, 4) is 5.75 Å². The van der Waals surface area contributed by atoms with E-state index in [0.29, 0.717) is 30.9 Å². The van der Waals surface area contributed by atoms with Crippen molar-refractivity contribution in [3.05, 3.63) is 47.2 Å². The van der Waals surface area contributed by atoms with Crippen molar-refractivity contribution in [3.63, 3.8) is 0 Å². The number of piperidine rings is 1. The van der Waals surface area contributed by atoms with Crippen LogP contribution in [0.5, 0.6) is 5.75 Å². The molecule has 1 atom stereocenters. The van der Waals surface area contributed by atoms with E-state index in [1.807, 2.05) is 40.7 Å². The fourth-order valence-electron chi connectivity index (χ4n) is 5.66. The van der Waals surface area contributed by atoms with Gasteiger partial charge in [0.05, 0.1) is 17.3 Å². The molecule has 6 rings (SSSR count). The van der Waals surface area contributed by atoms with Crippen LogP contribution in [0.25, 0.3) is 5.65 Å². The predicted octanol–water partition coefficient (Wildman–Crippen LogP) is 1.75. The smallest absolute Gasteiger partial charge is 0.258 e. The number of aromatic nitrogens is 3. The Bertz CT molecular complexity index is 1400. The van der Waals surface area contributed by atoms with Gasteiger partial charge in [-0.25, -0.2) is 4.98 Å². The average Bonchev–Trinajstić information content (AvgIpc) is 3.37. The first-order chi connectivity index (χ1) is 18.9. The second-order valence-corrected chi connectivity index (χ2v) is 10.7. The molecule has 3 aliphatic heterocycles. The fraction of sp³-hybridized carbons (Fsp3) is 0.500. The third kappa shape index (κ3) is 4.87. The number of nitrogens with two attached hydrogens (primary N) is 1. The quantitative estimate of drug-likeness (QED) is 0.512. The highest BCUT2D eigenvalue weighted by Gasteiger charge is 2.33. The number of rotatable bonds is 2. The third-order valence-electron chi connectivity index (χ3n) is 7.95. The summed E-state index contributed by atoms with van der Waals surface area (Å²) in [5.41, 5.74) is 9.14. The van der Waals surface area contributed by atoms with Gasteiger partial charge < -0.3 is 30.5 Å². The Morgan fingerprint density at radius 2 is 1.97 bits per heavy atom. The standard InChI is InChI=1S/C28H36N8O3/c1-3-18-7-8-23-20(12-18)28(38)35-10-5-4-6-22(35)21-13-25-31-24(34-15-19(29)16-34)14-27(36(25)32-21)33(2)11-9-30-26(37)17-39-23/h7-8,12-14,19,22H,3-6,9-11,15-17,29H2,1-2H3,(H,30,37). The summed E-state index contributed by atoms with van der Waals surface area (Å²) in [5.74, 6) is 1.81. The van der Waals surface area contributed by atoms with Crippen LogP contribution < -0.4 is 25.6 Å². The van der Waals surface area contributed by atoms with Crippen LogP contribution in [0, 0.1) is 0 Å². The number of nitrogens with one attached hydrogen (secondary N) is 1. The zero-order chi connectivity index (χ0) is 27.1. The second-order valence-electron chi connectivity index (χ2n) is 10.7. The molecular formula is C28H36N8O3. The number of hydrogen-bond acceptors (Lipinski definition) is 8. The normalized spacial score (nSPS) is 20.9. The highest BCUT2D eigenvalue weighted by atomic mass is 16.5. The highest BCUT2D eigenvalue weighted by molar-refractivity contribution is 5.97. The van der Waals surface area contributed by atoms with E-state index in [2.05, 4.69) is 22.0 Å². The van der Waals surface area contributed by atoms with Gasteiger partial charge in [-0.05, 0) is 43.4 Å². The van der Waals surface area contributed by atoms with Crippen LogP contribution in [-0.4, -0.2) is 83.7 Å². The summed E-state index contributed by atoms with van der Waals surface area (Å²) in [4.78, 5) is 37.8. The Balaban J connectivity index is 1.46. The van der Waals surface area contributed by atoms with E-state index in [0.717, 1.165) is 67.3 Å². The van der Waals surface area contributed by atoms with E-state index < -0.39 is 0 Å². The summed E-state index contributed by atoms with van der Waals surface area (Å²) in [5, 5.41) is 7.94. The topological polar surface area (TPSA) is 121 Å². The first kappa shape index (κ1) is 25.4. The van der Waals surface area contributed by atoms with Gasteiger partial charge in [-0.3, -0.25) is 9.59 Å². The summed E-state index contributed by atoms with van der Waals surface area (Å²) >= 11 is 0. The lowest BCUT2D eigenvalue weighted by Crippen LogP contribution is -2.56. The number of carbonyl (C=O) groups excluding carboxylic acids is 2. The van der Waals surface area contributed by atoms with Gasteiger partial charge in [0.25, 0.3) is 11.8 Å². The molecule has 3 aliphatic rings. The van der Waals surface area contributed by atoms with E-state index >= 15 is 0 Å². The molecule has 0 saturated carbocycles. The molecule has 2 amide bonds. The Morgan fingerprint density at radius 3 is 2.77 bits per heavy atom. The Labute approximate surface area is 227 Å². The zero-order valence-corrected chi connectivity index (χ0v) is 22.6. The van der Waals surface area contributed by atoms with Crippen LogP contribution in [0.1, 0.15) is 53.8 Å². The number of amides is 2. The molecule has 2 aromatic heterocycles. The maximum atomic E-state index is 14.1. The molecule has 5 heterocycles. The molecule has 206 valence electrons. The Morgan fingerprint density at radius 1 is 1.13 bits per heavy atom. The van der Waals surface area contributed by atoms with Gasteiger partial charge in [-0.15, -0.1) is 0 Å². The second kappa shape index (κ2) is 10.4. The van der Waals surface area contributed by atoms with Crippen LogP contribution in [0.15, 0.2) is 30.3 Å². The van der Waals surface area contributed by atoms with Crippen LogP contribution in [-0.2, 0) is 11.2 Å². The maximum Gasteiger partial charge on any atom is 0.258 e. The Kier molecular flexibility index (Phi) is 6.76. The molecule has 0 spiro atoms. The molecule has 1 unspecified atom stereocenters. The van der Waals surface area contributed by atoms with Crippen molar-refractivity contribution in [2.75, 3.05) is 56.2 Å². The summed E-state index contributed by atoms with van der Waals surface area (Å²) in [6.45, 7) is 5.05. The zero-order valence-electron chi connectivity index (χ0n) is 22.6. The number of anilines is 2. The fourth-order valence-corrected chi connectivity index (χ4v) is 5.66. The minimum atomic E-state index is -0.235. The largest absolute Gasteiger partial charge is 0.483 e. The monoisotopic (exact) mass is 532 g/mol. The van der Waals surface area contributed by atoms with Crippen molar-refractivity contribution in [2.24, 2.45) is 5.73 Å². The van der Waals surface area contributed by atoms with Gasteiger partial charge >= 0.3 is 0 Å². The van der Waals surface area contributed by atoms with Crippen LogP contribution in [0.3, 0.4) is 0 Å². The van der Waals surface area contributed by atoms with E-state index in [1.54, 1.807) is 6.07 Å². The van der Waals surface area contributed by atoms with Gasteiger partial charge in [-0.2, -0.15) is 9.61 Å². The van der Waals surface area contributed by atoms with Gasteiger partial charge in [-0.1, -0.05) is 13.0 Å². The van der Waals surface area contributed by atoms with E-state index in [4.69, 9.17) is 20.6 Å². The van der Waals surface area contributed by atoms with E-state index in [9.17, 15) is 9.59 Å². The minimum Gasteiger partial charge on any atom is -0.483 e. The number of fused-ring (bicyclic) bond motifs is 4. The van der Waals surface area contributed by atoms with Gasteiger partial charge in [0.1, 0.15) is 17.4 Å². The number of aryl methyl sites for hydroxylation is 1. The molecule has 11 heteroatoms. The Hall–Kier alpha value is -3.86. The predicted molar refractivity (Wildman–Crippen MR) is 148 cm³/mol. The number of likely N-dealkylation sites (N-methyl/N-ethyl adjacent to an activating group) is 1. The lowest BCUT2D eigenvalue weighted by atomic mass is 9.97. The van der Waals surface area contributed by atoms with Crippen molar-refractivity contribution in [1.82, 2.24) is 24.8 Å². The van der Waals surface area contributed by atoms with Crippen LogP contribution >= 0.6 is 0 Å². The lowest BCUT2D eigenvalue weighted by molar-refractivity contribution is -0.123. The van der Waals surface area contributed by atoms with Crippen molar-refractivity contribution < 1.29 is 14.3 Å². The van der Waals surface area contributed by atoms with Gasteiger partial charge in [0.2, 0.25) is 0 Å². The van der Waals surface area contributed by atoms with Crippen molar-refractivity contribution >= 4 is 29.1 Å². The third-order valence-corrected chi connectivity index (χ3v) is 7.95. The number of nitrogens with zero attached hydrogens (tertiary/aromatic N) is 6. The number of ether oxygens (including phenoxy) is 1. The maximum absolute atomic E-state index is 14.1. The molecule has 3 aromatic rings. The molecule has 11 nitrogen and oxygen atoms in total. The highest BCUT2D eigenvalue weighted by Crippen LogP contribution is 2.35. The van der Waals surface area contributed by atoms with Crippen LogP contribution in [0.4, 0.5) is 11.6 Å². The molecule has 39 heavy (non-hydrogen) atoms. The number of carbonyl (C=O) groups is 2. The van der Waals surface area contributed by atoms with E-state index in [1.165, 1.54) is 0 Å². The summed E-state index contributed by atoms with van der Waals surface area (Å²) in [6, 6.07) is 9.65. The van der Waals surface area contributed by atoms with Crippen molar-refractivity contribution in [1.29, 1.82) is 0 Å². The van der Waals surface area contributed by atoms with Crippen molar-refractivity contribution in [2.45, 2.75) is 44.7 Å². The van der Waals surface area contributed by atoms with E-state index in [-0.39, 0.29) is 30.5 Å². The average molecular weight is 533 g/mol. The summed E-state index contributed by atoms with van der Waals surface area (Å²) in [7, 11) is 1.98. The summed E-state index contributed by atoms with van der Waals surface area (Å²) < 4.78 is 7.76. The molecule has 2 saturated heterocycles. The minimum absolute atomic E-state index is 0.102. The van der Waals surface area contributed by atoms with Gasteiger partial charge in [0.15, 0.2) is 12.3 Å². The van der Waals surface area contributed by atoms with Gasteiger partial charge in [0, 0.05) is 57.9 Å². The van der Waals surface area contributed by atoms with Crippen LogP contribution in [0.2, 0.25) is 0 Å². The lowest BCUT2D eigenvalue weighted by Gasteiger charge is -2.38. The molecule has 0 radical (unpaired) electrons. The number of hydrogen-bond donors (Lipinski definition) is 2. The first-order valence-electron chi connectivity index (χ1n) is 13.9. The first-order valence-corrected chi connectivity index (χ1v) is 13.9. The summed E-state index contributed by atoms with van der Waals surface area (Å²) in [6.07, 6.45) is 3.55. The molecule has 1 aromatic carbocycles. The number of benzene rings is 1. The SMILES string of the molecule is CCc1ccc2c(c1)C(=O)N1CCCCC1c1cc3nc(N4CC(N)C4)cc(n3n1)N(C)CCNC(=O)CO2. The molecule has 2 fully saturated rings.